The van der Waals surface area contributed by atoms with Crippen LogP contribution >= 0.6 is 0 Å². The van der Waals surface area contributed by atoms with E-state index in [1.54, 1.807) is 19.1 Å². The first kappa shape index (κ1) is 53.4. The zero-order valence-electron chi connectivity index (χ0n) is 41.2. The molecular weight excluding hydrogens is 815 g/mol. The molecule has 4 atom stereocenters. The molecule has 0 aliphatic carbocycles. The minimum absolute atomic E-state index is 0.0396. The predicted molar refractivity (Wildman–Crippen MR) is 268 cm³/mol. The van der Waals surface area contributed by atoms with Gasteiger partial charge in [0, 0.05) is 0 Å². The first-order valence-corrected chi connectivity index (χ1v) is 24.7. The van der Waals surface area contributed by atoms with Crippen LogP contribution in [0.1, 0.15) is 196 Å². The van der Waals surface area contributed by atoms with E-state index in [4.69, 9.17) is 18.9 Å². The fraction of sp³-hybridized carbons (Fsp3) is 0.446. The molecule has 0 heterocycles. The number of nitrogens with zero attached hydrogens (tertiary/aromatic N) is 1. The van der Waals surface area contributed by atoms with Crippen LogP contribution in [0.3, 0.4) is 0 Å². The first-order chi connectivity index (χ1) is 30.3. The van der Waals surface area contributed by atoms with Gasteiger partial charge < -0.3 is 14.6 Å². The summed E-state index contributed by atoms with van der Waals surface area (Å²) in [6.45, 7) is 29.7. The Hall–Kier alpha value is -4.92. The summed E-state index contributed by atoms with van der Waals surface area (Å²) in [6, 6.07) is 37.9. The SMILES string of the molecule is CCC(C)c1ccc(/C(C)=N/OS(=O)(=O)c2c(C(C)C)cc(C(C)C)cc2C(C)C)cc1.CCC(C)c1ccc(O)cc1.CCC(C)c1ccc(OC(C)OCc2ccccc2)cc1. The molecule has 5 aromatic carbocycles. The average molecular weight is 892 g/mol. The number of phenols is 1. The van der Waals surface area contributed by atoms with Gasteiger partial charge in [0.15, 0.2) is 6.29 Å². The lowest BCUT2D eigenvalue weighted by Gasteiger charge is -2.21. The molecule has 1 N–H and O–H groups in total. The molecule has 348 valence electrons. The van der Waals surface area contributed by atoms with Crippen molar-refractivity contribution in [1.82, 2.24) is 0 Å². The highest BCUT2D eigenvalue weighted by molar-refractivity contribution is 7.86. The van der Waals surface area contributed by atoms with Gasteiger partial charge in [0.2, 0.25) is 0 Å². The van der Waals surface area contributed by atoms with Gasteiger partial charge in [0.1, 0.15) is 16.4 Å². The van der Waals surface area contributed by atoms with Gasteiger partial charge in [-0.15, -0.1) is 0 Å². The largest absolute Gasteiger partial charge is 0.508 e. The van der Waals surface area contributed by atoms with E-state index in [0.29, 0.717) is 41.7 Å². The van der Waals surface area contributed by atoms with Crippen molar-refractivity contribution >= 4 is 15.8 Å². The Kier molecular flexibility index (Phi) is 21.8. The Morgan fingerprint density at radius 2 is 1.02 bits per heavy atom. The molecule has 0 amide bonds. The van der Waals surface area contributed by atoms with Crippen LogP contribution in [0.2, 0.25) is 0 Å². The smallest absolute Gasteiger partial charge is 0.359 e. The summed E-state index contributed by atoms with van der Waals surface area (Å²) < 4.78 is 43.5. The van der Waals surface area contributed by atoms with Crippen molar-refractivity contribution < 1.29 is 27.3 Å². The van der Waals surface area contributed by atoms with Crippen molar-refractivity contribution in [2.75, 3.05) is 0 Å². The van der Waals surface area contributed by atoms with E-state index < -0.39 is 10.1 Å². The Balaban J connectivity index is 0.000000289. The zero-order chi connectivity index (χ0) is 47.6. The molecule has 0 saturated carbocycles. The molecule has 0 saturated heterocycles. The van der Waals surface area contributed by atoms with Gasteiger partial charge in [-0.05, 0) is 137 Å². The minimum Gasteiger partial charge on any atom is -0.508 e. The maximum absolute atomic E-state index is 13.4. The topological polar surface area (TPSA) is 94.4 Å². The molecule has 64 heavy (non-hydrogen) atoms. The molecule has 5 aromatic rings. The summed E-state index contributed by atoms with van der Waals surface area (Å²) in [7, 11) is -4.07. The maximum Gasteiger partial charge on any atom is 0.359 e. The highest BCUT2D eigenvalue weighted by Gasteiger charge is 2.29. The summed E-state index contributed by atoms with van der Waals surface area (Å²) in [5, 5.41) is 13.0. The molecule has 0 bridgehead atoms. The molecule has 5 rings (SSSR count). The maximum atomic E-state index is 13.4. The summed E-state index contributed by atoms with van der Waals surface area (Å²) in [4.78, 5) is 0.260. The van der Waals surface area contributed by atoms with Crippen LogP contribution in [-0.4, -0.2) is 25.5 Å². The number of rotatable bonds is 18. The van der Waals surface area contributed by atoms with E-state index in [1.807, 2.05) is 113 Å². The van der Waals surface area contributed by atoms with E-state index in [1.165, 1.54) is 16.7 Å². The average Bonchev–Trinajstić information content (AvgIpc) is 3.30. The summed E-state index contributed by atoms with van der Waals surface area (Å²) >= 11 is 0. The van der Waals surface area contributed by atoms with Crippen LogP contribution in [0.25, 0.3) is 0 Å². The van der Waals surface area contributed by atoms with E-state index in [2.05, 4.69) is 84.8 Å². The Morgan fingerprint density at radius 3 is 1.44 bits per heavy atom. The molecular formula is C56H77NO6S. The van der Waals surface area contributed by atoms with E-state index in [0.717, 1.165) is 52.8 Å². The standard InChI is InChI=1S/C27H39NO3S.C19H24O2.C10H14O/c1-10-20(8)22-11-13-23(14-12-22)21(9)28-31-32(29,30)27-25(18(4)5)15-24(17(2)3)16-26(27)19(6)7;1-4-15(2)18-10-12-19(13-11-18)21-16(3)20-14-17-8-6-5-7-9-17;1-3-8(2)9-4-6-10(11)7-5-9/h11-20H,10H2,1-9H3;5-13,15-16H,4,14H2,1-3H3;4-8,11H,3H2,1-2H3/b28-21+;;. The second-order valence-corrected chi connectivity index (χ2v) is 19.4. The minimum atomic E-state index is -4.07. The number of hydrogen-bond acceptors (Lipinski definition) is 7. The monoisotopic (exact) mass is 892 g/mol. The second-order valence-electron chi connectivity index (χ2n) is 17.9. The van der Waals surface area contributed by atoms with Crippen molar-refractivity contribution in [1.29, 1.82) is 0 Å². The highest BCUT2D eigenvalue weighted by atomic mass is 32.2. The predicted octanol–water partition coefficient (Wildman–Crippen LogP) is 15.7. The fourth-order valence-electron chi connectivity index (χ4n) is 6.82. The summed E-state index contributed by atoms with van der Waals surface area (Å²) in [5.74, 6) is 3.24. The van der Waals surface area contributed by atoms with Crippen LogP contribution in [-0.2, 0) is 25.7 Å². The highest BCUT2D eigenvalue weighted by Crippen LogP contribution is 2.36. The molecule has 0 fully saturated rings. The molecule has 0 aliphatic rings. The Labute approximate surface area is 387 Å². The van der Waals surface area contributed by atoms with Crippen molar-refractivity contribution in [2.45, 2.75) is 169 Å². The molecule has 0 aliphatic heterocycles. The number of phenolic OH excluding ortho intramolecular Hbond substituents is 1. The second kappa shape index (κ2) is 26.1. The van der Waals surface area contributed by atoms with Gasteiger partial charge in [-0.2, -0.15) is 8.42 Å². The lowest BCUT2D eigenvalue weighted by atomic mass is 9.89. The van der Waals surface area contributed by atoms with E-state index in [9.17, 15) is 8.42 Å². The van der Waals surface area contributed by atoms with Gasteiger partial charge >= 0.3 is 10.1 Å². The molecule has 4 unspecified atom stereocenters. The van der Waals surface area contributed by atoms with Gasteiger partial charge in [-0.1, -0.05) is 179 Å². The normalized spacial score (nSPS) is 13.6. The van der Waals surface area contributed by atoms with Crippen molar-refractivity contribution in [3.63, 3.8) is 0 Å². The molecule has 0 spiro atoms. The van der Waals surface area contributed by atoms with Crippen LogP contribution < -0.4 is 4.74 Å². The van der Waals surface area contributed by atoms with Crippen LogP contribution in [0.15, 0.2) is 125 Å². The van der Waals surface area contributed by atoms with Crippen LogP contribution in [0.4, 0.5) is 0 Å². The van der Waals surface area contributed by atoms with Gasteiger partial charge in [0.25, 0.3) is 0 Å². The number of hydrogen-bond donors (Lipinski definition) is 1. The van der Waals surface area contributed by atoms with Crippen LogP contribution in [0, 0.1) is 0 Å². The summed E-state index contributed by atoms with van der Waals surface area (Å²) in [5.41, 5.74) is 9.13. The van der Waals surface area contributed by atoms with Crippen molar-refractivity contribution in [2.24, 2.45) is 5.16 Å². The number of aromatic hydroxyl groups is 1. The van der Waals surface area contributed by atoms with Crippen molar-refractivity contribution in [3.05, 3.63) is 160 Å². The Bertz CT molecular complexity index is 2220. The first-order valence-electron chi connectivity index (χ1n) is 23.3. The lowest BCUT2D eigenvalue weighted by molar-refractivity contribution is -0.0759. The van der Waals surface area contributed by atoms with Crippen LogP contribution in [0.5, 0.6) is 11.5 Å². The molecule has 0 aromatic heterocycles. The quantitative estimate of drug-likeness (QED) is 0.0535. The summed E-state index contributed by atoms with van der Waals surface area (Å²) in [6.07, 6.45) is 3.10. The van der Waals surface area contributed by atoms with Gasteiger partial charge in [0.05, 0.1) is 12.3 Å². The zero-order valence-corrected chi connectivity index (χ0v) is 42.0. The Morgan fingerprint density at radius 1 is 0.578 bits per heavy atom. The molecule has 8 heteroatoms. The lowest BCUT2D eigenvalue weighted by Crippen LogP contribution is -2.16. The number of ether oxygens (including phenoxy) is 2. The van der Waals surface area contributed by atoms with Gasteiger partial charge in [-0.3, -0.25) is 4.28 Å². The molecule has 0 radical (unpaired) electrons. The van der Waals surface area contributed by atoms with Crippen molar-refractivity contribution in [3.8, 4) is 11.5 Å². The van der Waals surface area contributed by atoms with E-state index in [-0.39, 0.29) is 23.0 Å². The van der Waals surface area contributed by atoms with E-state index >= 15 is 0 Å². The number of benzene rings is 5. The molecule has 7 nitrogen and oxygen atoms in total. The third kappa shape index (κ3) is 16.6. The van der Waals surface area contributed by atoms with Gasteiger partial charge in [-0.25, -0.2) is 0 Å². The fourth-order valence-corrected chi connectivity index (χ4v) is 8.28. The number of oxime groups is 1. The third-order valence-corrected chi connectivity index (χ3v) is 13.1. The third-order valence-electron chi connectivity index (χ3n) is 11.9.